The van der Waals surface area contributed by atoms with Crippen LogP contribution < -0.4 is 5.32 Å². The number of hydrogen-bond acceptors (Lipinski definition) is 2. The van der Waals surface area contributed by atoms with Crippen molar-refractivity contribution < 1.29 is 4.79 Å². The van der Waals surface area contributed by atoms with Crippen molar-refractivity contribution in [3.05, 3.63) is 65.2 Å². The quantitative estimate of drug-likeness (QED) is 0.868. The molecular weight excluding hydrogens is 296 g/mol. The Morgan fingerprint density at radius 2 is 1.62 bits per heavy atom. The summed E-state index contributed by atoms with van der Waals surface area (Å²) in [6, 6.07) is 16.0. The van der Waals surface area contributed by atoms with E-state index in [0.29, 0.717) is 11.5 Å². The van der Waals surface area contributed by atoms with Crippen molar-refractivity contribution in [1.29, 1.82) is 0 Å². The Morgan fingerprint density at radius 1 is 1.00 bits per heavy atom. The Kier molecular flexibility index (Phi) is 5.31. The van der Waals surface area contributed by atoms with E-state index in [2.05, 4.69) is 36.2 Å². The average Bonchev–Trinajstić information content (AvgIpc) is 3.09. The van der Waals surface area contributed by atoms with Gasteiger partial charge in [-0.05, 0) is 67.2 Å². The fraction of sp³-hybridized carbons (Fsp3) is 0.381. The van der Waals surface area contributed by atoms with Crippen LogP contribution in [0.5, 0.6) is 0 Å². The maximum absolute atomic E-state index is 12.3. The van der Waals surface area contributed by atoms with Gasteiger partial charge in [0.25, 0.3) is 5.91 Å². The van der Waals surface area contributed by atoms with E-state index in [1.165, 1.54) is 37.1 Å². The van der Waals surface area contributed by atoms with Crippen LogP contribution in [0.2, 0.25) is 0 Å². The second kappa shape index (κ2) is 7.63. The van der Waals surface area contributed by atoms with E-state index in [-0.39, 0.29) is 5.91 Å². The molecule has 3 heteroatoms. The van der Waals surface area contributed by atoms with Crippen molar-refractivity contribution in [1.82, 2.24) is 4.90 Å². The zero-order valence-corrected chi connectivity index (χ0v) is 14.6. The lowest BCUT2D eigenvalue weighted by Crippen LogP contribution is -2.18. The van der Waals surface area contributed by atoms with Crippen LogP contribution >= 0.6 is 0 Å². The molecule has 0 aliphatic carbocycles. The molecule has 0 bridgehead atoms. The van der Waals surface area contributed by atoms with Crippen LogP contribution in [0.15, 0.2) is 48.5 Å². The zero-order valence-electron chi connectivity index (χ0n) is 14.6. The molecule has 1 aliphatic heterocycles. The minimum absolute atomic E-state index is 0.0578. The lowest BCUT2D eigenvalue weighted by Gasteiger charge is -2.14. The fourth-order valence-electron chi connectivity index (χ4n) is 3.12. The van der Waals surface area contributed by atoms with E-state index in [9.17, 15) is 4.79 Å². The first-order valence-corrected chi connectivity index (χ1v) is 8.84. The lowest BCUT2D eigenvalue weighted by atomic mass is 10.0. The number of carbonyl (C=O) groups is 1. The molecule has 3 rings (SSSR count). The van der Waals surface area contributed by atoms with Gasteiger partial charge in [-0.3, -0.25) is 9.69 Å². The Bertz CT molecular complexity index is 668. The van der Waals surface area contributed by atoms with E-state index in [1.54, 1.807) is 0 Å². The summed E-state index contributed by atoms with van der Waals surface area (Å²) in [6.07, 6.45) is 2.62. The number of nitrogens with one attached hydrogen (secondary N) is 1. The number of hydrogen-bond donors (Lipinski definition) is 1. The maximum Gasteiger partial charge on any atom is 0.255 e. The summed E-state index contributed by atoms with van der Waals surface area (Å²) in [4.78, 5) is 14.8. The highest BCUT2D eigenvalue weighted by molar-refractivity contribution is 6.04. The monoisotopic (exact) mass is 322 g/mol. The smallest absolute Gasteiger partial charge is 0.255 e. The molecule has 1 aliphatic rings. The van der Waals surface area contributed by atoms with Gasteiger partial charge in [0.1, 0.15) is 0 Å². The minimum Gasteiger partial charge on any atom is -0.322 e. The molecule has 1 amide bonds. The molecule has 1 saturated heterocycles. The number of nitrogens with zero attached hydrogens (tertiary/aromatic N) is 1. The summed E-state index contributed by atoms with van der Waals surface area (Å²) < 4.78 is 0. The molecule has 0 atom stereocenters. The van der Waals surface area contributed by atoms with Gasteiger partial charge in [-0.1, -0.05) is 38.1 Å². The van der Waals surface area contributed by atoms with Gasteiger partial charge in [-0.25, -0.2) is 0 Å². The number of benzene rings is 2. The number of carbonyl (C=O) groups excluding carboxylic acids is 1. The Labute approximate surface area is 144 Å². The van der Waals surface area contributed by atoms with Crippen LogP contribution in [-0.2, 0) is 6.54 Å². The number of anilines is 1. The molecule has 1 heterocycles. The SMILES string of the molecule is CC(C)c1ccc(C(=O)Nc2ccc(CN3CCCC3)cc2)cc1. The third-order valence-corrected chi connectivity index (χ3v) is 4.66. The van der Waals surface area contributed by atoms with Crippen molar-refractivity contribution in [3.63, 3.8) is 0 Å². The molecule has 0 spiro atoms. The lowest BCUT2D eigenvalue weighted by molar-refractivity contribution is 0.102. The van der Waals surface area contributed by atoms with Crippen molar-refractivity contribution in [2.75, 3.05) is 18.4 Å². The molecule has 2 aromatic rings. The Balaban J connectivity index is 1.59. The average molecular weight is 322 g/mol. The topological polar surface area (TPSA) is 32.3 Å². The van der Waals surface area contributed by atoms with Crippen LogP contribution in [0, 0.1) is 0 Å². The summed E-state index contributed by atoms with van der Waals surface area (Å²) in [7, 11) is 0. The van der Waals surface area contributed by atoms with Gasteiger partial charge >= 0.3 is 0 Å². The first-order chi connectivity index (χ1) is 11.6. The summed E-state index contributed by atoms with van der Waals surface area (Å²) in [5.41, 5.74) is 4.09. The fourth-order valence-corrected chi connectivity index (χ4v) is 3.12. The van der Waals surface area contributed by atoms with Gasteiger partial charge in [0, 0.05) is 17.8 Å². The van der Waals surface area contributed by atoms with Crippen LogP contribution in [-0.4, -0.2) is 23.9 Å². The van der Waals surface area contributed by atoms with Gasteiger partial charge in [0.2, 0.25) is 0 Å². The molecule has 1 fully saturated rings. The molecule has 126 valence electrons. The molecule has 2 aromatic carbocycles. The van der Waals surface area contributed by atoms with Gasteiger partial charge in [0.15, 0.2) is 0 Å². The second-order valence-electron chi connectivity index (χ2n) is 6.91. The molecule has 0 radical (unpaired) electrons. The summed E-state index contributed by atoms with van der Waals surface area (Å²) >= 11 is 0. The predicted octanol–water partition coefficient (Wildman–Crippen LogP) is 4.66. The molecular formula is C21H26N2O. The highest BCUT2D eigenvalue weighted by Gasteiger charge is 2.12. The van der Waals surface area contributed by atoms with Gasteiger partial charge < -0.3 is 5.32 Å². The summed E-state index contributed by atoms with van der Waals surface area (Å²) in [5.74, 6) is 0.419. The van der Waals surface area contributed by atoms with E-state index in [0.717, 1.165) is 12.2 Å². The van der Waals surface area contributed by atoms with Gasteiger partial charge in [0.05, 0.1) is 0 Å². The predicted molar refractivity (Wildman–Crippen MR) is 99.4 cm³/mol. The summed E-state index contributed by atoms with van der Waals surface area (Å²) in [6.45, 7) is 7.71. The van der Waals surface area contributed by atoms with E-state index in [4.69, 9.17) is 0 Å². The van der Waals surface area contributed by atoms with Crippen LogP contribution in [0.25, 0.3) is 0 Å². The first-order valence-electron chi connectivity index (χ1n) is 8.84. The van der Waals surface area contributed by atoms with Crippen molar-refractivity contribution in [2.24, 2.45) is 0 Å². The molecule has 0 unspecified atom stereocenters. The van der Waals surface area contributed by atoms with Crippen molar-refractivity contribution in [2.45, 2.75) is 39.2 Å². The minimum atomic E-state index is -0.0578. The molecule has 3 nitrogen and oxygen atoms in total. The molecule has 24 heavy (non-hydrogen) atoms. The summed E-state index contributed by atoms with van der Waals surface area (Å²) in [5, 5.41) is 2.98. The molecule has 1 N–H and O–H groups in total. The second-order valence-corrected chi connectivity index (χ2v) is 6.91. The van der Waals surface area contributed by atoms with Gasteiger partial charge in [-0.2, -0.15) is 0 Å². The molecule has 0 aromatic heterocycles. The highest BCUT2D eigenvalue weighted by atomic mass is 16.1. The van der Waals surface area contributed by atoms with Crippen LogP contribution in [0.1, 0.15) is 54.1 Å². The first kappa shape index (κ1) is 16.7. The third kappa shape index (κ3) is 4.24. The third-order valence-electron chi connectivity index (χ3n) is 4.66. The number of rotatable bonds is 5. The highest BCUT2D eigenvalue weighted by Crippen LogP contribution is 2.17. The Morgan fingerprint density at radius 3 is 2.21 bits per heavy atom. The van der Waals surface area contributed by atoms with Crippen LogP contribution in [0.4, 0.5) is 5.69 Å². The number of likely N-dealkylation sites (tertiary alicyclic amines) is 1. The largest absolute Gasteiger partial charge is 0.322 e. The molecule has 0 saturated carbocycles. The van der Waals surface area contributed by atoms with Gasteiger partial charge in [-0.15, -0.1) is 0 Å². The normalized spacial score (nSPS) is 15.0. The van der Waals surface area contributed by atoms with E-state index in [1.807, 2.05) is 36.4 Å². The van der Waals surface area contributed by atoms with E-state index >= 15 is 0 Å². The van der Waals surface area contributed by atoms with Crippen molar-refractivity contribution >= 4 is 11.6 Å². The zero-order chi connectivity index (χ0) is 16.9. The number of amides is 1. The standard InChI is InChI=1S/C21H26N2O/c1-16(2)18-7-9-19(10-8-18)21(24)22-20-11-5-17(6-12-20)15-23-13-3-4-14-23/h5-12,16H,3-4,13-15H2,1-2H3,(H,22,24). The van der Waals surface area contributed by atoms with Crippen molar-refractivity contribution in [3.8, 4) is 0 Å². The van der Waals surface area contributed by atoms with E-state index < -0.39 is 0 Å². The Hall–Kier alpha value is -2.13. The maximum atomic E-state index is 12.3. The van der Waals surface area contributed by atoms with Crippen LogP contribution in [0.3, 0.4) is 0 Å².